The highest BCUT2D eigenvalue weighted by molar-refractivity contribution is 7.48. The predicted octanol–water partition coefficient (Wildman–Crippen LogP) is 1.12. The summed E-state index contributed by atoms with van der Waals surface area (Å²) in [6.07, 6.45) is 3.64. The summed E-state index contributed by atoms with van der Waals surface area (Å²) in [6, 6.07) is -1.36. The summed E-state index contributed by atoms with van der Waals surface area (Å²) in [7, 11) is 0.897. The molecule has 0 saturated carbocycles. The van der Waals surface area contributed by atoms with Crippen LogP contribution in [0.2, 0.25) is 0 Å². The molecule has 1 aliphatic rings. The highest BCUT2D eigenvalue weighted by Crippen LogP contribution is 2.33. The maximum absolute atomic E-state index is 12.3. The highest BCUT2D eigenvalue weighted by atomic mass is 31.2. The van der Waals surface area contributed by atoms with Crippen LogP contribution in [0.1, 0.15) is 39.5 Å². The van der Waals surface area contributed by atoms with E-state index in [4.69, 9.17) is 18.7 Å². The van der Waals surface area contributed by atoms with Crippen LogP contribution in [0.15, 0.2) is 27.9 Å². The molecule has 1 aliphatic heterocycles. The van der Waals surface area contributed by atoms with E-state index >= 15 is 0 Å². The third kappa shape index (κ3) is 7.81. The molecule has 0 fully saturated rings. The number of carbonyl (C=O) groups is 2. The molecule has 12 nitrogen and oxygen atoms in total. The Kier molecular flexibility index (Phi) is 10.8. The van der Waals surface area contributed by atoms with Gasteiger partial charge in [0.05, 0.1) is 20.8 Å². The lowest BCUT2D eigenvalue weighted by molar-refractivity contribution is -0.144. The smallest absolute Gasteiger partial charge is 0.330 e. The largest absolute Gasteiger partial charge is 0.468 e. The molecule has 0 aromatic carbocycles. The molecular formula is C22H35N4O8P. The summed E-state index contributed by atoms with van der Waals surface area (Å²) >= 11 is 0. The maximum Gasteiger partial charge on any atom is 0.330 e. The standard InChI is InChI=1S/C22H35N4O8P/c1-12(2)17(20(28)31-6)24-35(25-18(13(3)4)21(29)32-7)33-11-15-8-9-16(34-15)26-10-14(5)19(27)23-22(26)30/h8-10,12-13,15-18,24-25H,11H2,1-7H3,(H,23,27,30)/t15-,16+,17-,18-/m0/s1. The Labute approximate surface area is 205 Å². The summed E-state index contributed by atoms with van der Waals surface area (Å²) in [6.45, 7) is 9.10. The van der Waals surface area contributed by atoms with Gasteiger partial charge in [0.2, 0.25) is 0 Å². The second-order valence-corrected chi connectivity index (χ2v) is 10.1. The van der Waals surface area contributed by atoms with Gasteiger partial charge >= 0.3 is 17.6 Å². The van der Waals surface area contributed by atoms with Crippen LogP contribution < -0.4 is 21.4 Å². The number of aromatic nitrogens is 2. The van der Waals surface area contributed by atoms with Gasteiger partial charge < -0.3 is 18.7 Å². The molecule has 0 amide bonds. The van der Waals surface area contributed by atoms with Crippen molar-refractivity contribution in [2.24, 2.45) is 11.8 Å². The molecule has 1 aromatic rings. The first-order chi connectivity index (χ1) is 16.5. The maximum atomic E-state index is 12.3. The molecule has 13 heteroatoms. The lowest BCUT2D eigenvalue weighted by atomic mass is 10.1. The molecule has 1 aromatic heterocycles. The number of hydrogen-bond acceptors (Lipinski definition) is 10. The van der Waals surface area contributed by atoms with Crippen molar-refractivity contribution in [2.45, 2.75) is 59.0 Å². The predicted molar refractivity (Wildman–Crippen MR) is 130 cm³/mol. The quantitative estimate of drug-likeness (QED) is 0.210. The van der Waals surface area contributed by atoms with Gasteiger partial charge in [-0.05, 0) is 24.8 Å². The molecule has 0 aliphatic carbocycles. The zero-order valence-electron chi connectivity index (χ0n) is 21.1. The Hall–Kier alpha value is -2.37. The number of rotatable bonds is 12. The fourth-order valence-corrected chi connectivity index (χ4v) is 5.06. The SMILES string of the molecule is COC(=O)[C@@H](NP(N[C@H](C(=O)OC)C(C)C)OC[C@@H]1C=C[C@H](n2cc(C)c(=O)[nH]c2=O)O1)C(C)C. The average Bonchev–Trinajstić information content (AvgIpc) is 3.28. The van der Waals surface area contributed by atoms with Crippen molar-refractivity contribution in [1.82, 2.24) is 19.7 Å². The van der Waals surface area contributed by atoms with E-state index in [1.165, 1.54) is 25.0 Å². The van der Waals surface area contributed by atoms with E-state index in [1.54, 1.807) is 19.1 Å². The van der Waals surface area contributed by atoms with Crippen molar-refractivity contribution in [3.05, 3.63) is 44.8 Å². The Morgan fingerprint density at radius 1 is 1.06 bits per heavy atom. The lowest BCUT2D eigenvalue weighted by Crippen LogP contribution is -2.46. The number of ether oxygens (including phenoxy) is 3. The van der Waals surface area contributed by atoms with Crippen LogP contribution in [-0.4, -0.2) is 60.5 Å². The van der Waals surface area contributed by atoms with Crippen LogP contribution in [0.3, 0.4) is 0 Å². The third-order valence-corrected chi connectivity index (χ3v) is 6.78. The summed E-state index contributed by atoms with van der Waals surface area (Å²) in [5, 5.41) is 6.27. The number of esters is 2. The van der Waals surface area contributed by atoms with Crippen molar-refractivity contribution < 1.29 is 28.3 Å². The third-order valence-electron chi connectivity index (χ3n) is 5.35. The molecule has 4 atom stereocenters. The van der Waals surface area contributed by atoms with Gasteiger partial charge in [0.25, 0.3) is 5.56 Å². The van der Waals surface area contributed by atoms with E-state index < -0.39 is 56.1 Å². The van der Waals surface area contributed by atoms with Crippen LogP contribution in [0.25, 0.3) is 0 Å². The zero-order chi connectivity index (χ0) is 26.3. The molecule has 35 heavy (non-hydrogen) atoms. The van der Waals surface area contributed by atoms with Gasteiger partial charge in [0.15, 0.2) is 14.7 Å². The highest BCUT2D eigenvalue weighted by Gasteiger charge is 2.33. The minimum absolute atomic E-state index is 0.0633. The molecule has 0 unspecified atom stereocenters. The second kappa shape index (κ2) is 13.1. The summed E-state index contributed by atoms with van der Waals surface area (Å²) in [5.41, 5.74) is -0.659. The van der Waals surface area contributed by atoms with Gasteiger partial charge in [-0.2, -0.15) is 0 Å². The second-order valence-electron chi connectivity index (χ2n) is 8.77. The summed E-state index contributed by atoms with van der Waals surface area (Å²) in [4.78, 5) is 50.6. The van der Waals surface area contributed by atoms with Gasteiger partial charge in [0.1, 0.15) is 18.2 Å². The number of nitrogens with zero attached hydrogens (tertiary/aromatic N) is 1. The molecule has 3 N–H and O–H groups in total. The molecule has 2 heterocycles. The van der Waals surface area contributed by atoms with E-state index in [0.717, 1.165) is 0 Å². The fourth-order valence-electron chi connectivity index (χ4n) is 3.23. The average molecular weight is 515 g/mol. The number of H-pyrrole nitrogens is 1. The Balaban J connectivity index is 2.14. The van der Waals surface area contributed by atoms with Crippen molar-refractivity contribution in [3.8, 4) is 0 Å². The van der Waals surface area contributed by atoms with Crippen molar-refractivity contribution in [2.75, 3.05) is 20.8 Å². The molecule has 0 spiro atoms. The number of carbonyl (C=O) groups excluding carboxylic acids is 2. The van der Waals surface area contributed by atoms with E-state index in [-0.39, 0.29) is 18.4 Å². The van der Waals surface area contributed by atoms with Gasteiger partial charge in [0, 0.05) is 11.8 Å². The molecule has 196 valence electrons. The van der Waals surface area contributed by atoms with Crippen LogP contribution in [0, 0.1) is 18.8 Å². The molecular weight excluding hydrogens is 479 g/mol. The van der Waals surface area contributed by atoms with Crippen molar-refractivity contribution in [3.63, 3.8) is 0 Å². The van der Waals surface area contributed by atoms with Crippen LogP contribution in [0.4, 0.5) is 0 Å². The number of methoxy groups -OCH3 is 2. The monoisotopic (exact) mass is 514 g/mol. The van der Waals surface area contributed by atoms with E-state index in [9.17, 15) is 19.2 Å². The van der Waals surface area contributed by atoms with Gasteiger partial charge in [-0.15, -0.1) is 0 Å². The molecule has 0 radical (unpaired) electrons. The van der Waals surface area contributed by atoms with Crippen LogP contribution >= 0.6 is 8.45 Å². The van der Waals surface area contributed by atoms with Crippen molar-refractivity contribution >= 4 is 20.4 Å². The van der Waals surface area contributed by atoms with E-state index in [0.29, 0.717) is 5.56 Å². The lowest BCUT2D eigenvalue weighted by Gasteiger charge is -2.30. The molecule has 0 bridgehead atoms. The normalized spacial score (nSPS) is 19.4. The number of aromatic amines is 1. The Bertz CT molecular complexity index is 991. The topological polar surface area (TPSA) is 150 Å². The Morgan fingerprint density at radius 2 is 1.60 bits per heavy atom. The Morgan fingerprint density at radius 3 is 2.09 bits per heavy atom. The summed E-state index contributed by atoms with van der Waals surface area (Å²) < 4.78 is 23.0. The number of nitrogens with one attached hydrogen (secondary N) is 3. The summed E-state index contributed by atoms with van der Waals surface area (Å²) in [5.74, 6) is -1.14. The van der Waals surface area contributed by atoms with Crippen LogP contribution in [0.5, 0.6) is 0 Å². The minimum Gasteiger partial charge on any atom is -0.468 e. The van der Waals surface area contributed by atoms with Gasteiger partial charge in [-0.1, -0.05) is 33.8 Å². The van der Waals surface area contributed by atoms with Crippen LogP contribution in [-0.2, 0) is 28.3 Å². The van der Waals surface area contributed by atoms with E-state index in [2.05, 4.69) is 15.2 Å². The minimum atomic E-state index is -1.71. The first-order valence-electron chi connectivity index (χ1n) is 11.2. The van der Waals surface area contributed by atoms with Gasteiger partial charge in [-0.25, -0.2) is 15.0 Å². The van der Waals surface area contributed by atoms with Gasteiger partial charge in [-0.3, -0.25) is 23.9 Å². The zero-order valence-corrected chi connectivity index (χ0v) is 22.0. The first kappa shape index (κ1) is 28.9. The van der Waals surface area contributed by atoms with E-state index in [1.807, 2.05) is 27.7 Å². The first-order valence-corrected chi connectivity index (χ1v) is 12.5. The fraction of sp³-hybridized carbons (Fsp3) is 0.636. The molecule has 0 saturated heterocycles. The number of hydrogen-bond donors (Lipinski definition) is 3. The van der Waals surface area contributed by atoms with Crippen molar-refractivity contribution in [1.29, 1.82) is 0 Å². The number of aryl methyl sites for hydroxylation is 1. The molecule has 2 rings (SSSR count).